The van der Waals surface area contributed by atoms with Gasteiger partial charge in [-0.15, -0.1) is 5.10 Å². The number of hydrogen-bond donors (Lipinski definition) is 2. The molecule has 0 radical (unpaired) electrons. The Morgan fingerprint density at radius 2 is 1.65 bits per heavy atom. The summed E-state index contributed by atoms with van der Waals surface area (Å²) in [7, 11) is 0. The summed E-state index contributed by atoms with van der Waals surface area (Å²) >= 11 is 0. The van der Waals surface area contributed by atoms with Crippen LogP contribution in [-0.2, 0) is 0 Å². The standard InChI is InChI=1S/C15H12N4O/c20-15(17-14-10-16-19-18-14)13-8-6-12(7-9-13)11-4-2-1-3-5-11/h1-10H,(H2,16,17,18,19,20). The topological polar surface area (TPSA) is 70.7 Å². The van der Waals surface area contributed by atoms with Crippen LogP contribution in [0.3, 0.4) is 0 Å². The SMILES string of the molecule is O=C(Nc1cn[nH]n1)c1ccc(-c2ccccc2)cc1. The van der Waals surface area contributed by atoms with Gasteiger partial charge in [-0.1, -0.05) is 42.5 Å². The summed E-state index contributed by atoms with van der Waals surface area (Å²) < 4.78 is 0. The number of anilines is 1. The van der Waals surface area contributed by atoms with Gasteiger partial charge in [0.15, 0.2) is 5.82 Å². The van der Waals surface area contributed by atoms with Crippen molar-refractivity contribution in [2.24, 2.45) is 0 Å². The summed E-state index contributed by atoms with van der Waals surface area (Å²) in [4.78, 5) is 12.0. The number of aromatic amines is 1. The molecular formula is C15H12N4O. The Balaban J connectivity index is 1.78. The van der Waals surface area contributed by atoms with E-state index in [4.69, 9.17) is 0 Å². The molecule has 0 saturated heterocycles. The molecule has 0 saturated carbocycles. The van der Waals surface area contributed by atoms with Crippen molar-refractivity contribution in [2.45, 2.75) is 0 Å². The molecule has 0 bridgehead atoms. The van der Waals surface area contributed by atoms with Crippen LogP contribution in [0.15, 0.2) is 60.8 Å². The van der Waals surface area contributed by atoms with Gasteiger partial charge in [-0.25, -0.2) is 0 Å². The number of nitrogens with zero attached hydrogens (tertiary/aromatic N) is 2. The molecule has 3 rings (SSSR count). The normalized spacial score (nSPS) is 10.2. The maximum absolute atomic E-state index is 12.0. The van der Waals surface area contributed by atoms with Crippen LogP contribution in [0.1, 0.15) is 10.4 Å². The summed E-state index contributed by atoms with van der Waals surface area (Å²) in [6, 6.07) is 17.4. The van der Waals surface area contributed by atoms with Crippen molar-refractivity contribution in [3.05, 3.63) is 66.4 Å². The van der Waals surface area contributed by atoms with Crippen LogP contribution in [-0.4, -0.2) is 21.3 Å². The van der Waals surface area contributed by atoms with E-state index >= 15 is 0 Å². The highest BCUT2D eigenvalue weighted by atomic mass is 16.1. The van der Waals surface area contributed by atoms with Gasteiger partial charge in [-0.05, 0) is 23.3 Å². The fraction of sp³-hybridized carbons (Fsp3) is 0. The molecule has 1 heterocycles. The van der Waals surface area contributed by atoms with Crippen LogP contribution in [0.5, 0.6) is 0 Å². The number of hydrogen-bond acceptors (Lipinski definition) is 3. The number of amides is 1. The highest BCUT2D eigenvalue weighted by Gasteiger charge is 2.07. The Hall–Kier alpha value is -2.95. The van der Waals surface area contributed by atoms with E-state index in [1.807, 2.05) is 42.5 Å². The van der Waals surface area contributed by atoms with E-state index in [1.165, 1.54) is 6.20 Å². The molecule has 1 aromatic heterocycles. The minimum atomic E-state index is -0.210. The van der Waals surface area contributed by atoms with Gasteiger partial charge in [-0.2, -0.15) is 10.3 Å². The molecule has 98 valence electrons. The number of nitrogens with one attached hydrogen (secondary N) is 2. The Morgan fingerprint density at radius 1 is 0.950 bits per heavy atom. The predicted molar refractivity (Wildman–Crippen MR) is 76.2 cm³/mol. The molecule has 2 N–H and O–H groups in total. The number of aromatic nitrogens is 3. The van der Waals surface area contributed by atoms with Crippen molar-refractivity contribution in [1.29, 1.82) is 0 Å². The first-order valence-corrected chi connectivity index (χ1v) is 6.15. The monoisotopic (exact) mass is 264 g/mol. The highest BCUT2D eigenvalue weighted by molar-refractivity contribution is 6.03. The largest absolute Gasteiger partial charge is 0.304 e. The van der Waals surface area contributed by atoms with E-state index in [1.54, 1.807) is 12.1 Å². The molecular weight excluding hydrogens is 252 g/mol. The zero-order chi connectivity index (χ0) is 13.8. The quantitative estimate of drug-likeness (QED) is 0.764. The second-order valence-electron chi connectivity index (χ2n) is 4.25. The smallest absolute Gasteiger partial charge is 0.256 e. The number of carbonyl (C=O) groups is 1. The average Bonchev–Trinajstić information content (AvgIpc) is 3.01. The molecule has 3 aromatic rings. The minimum Gasteiger partial charge on any atom is -0.304 e. The van der Waals surface area contributed by atoms with Crippen LogP contribution in [0.4, 0.5) is 5.82 Å². The number of rotatable bonds is 3. The molecule has 0 spiro atoms. The molecule has 0 fully saturated rings. The van der Waals surface area contributed by atoms with Crippen molar-refractivity contribution in [3.8, 4) is 11.1 Å². The fourth-order valence-corrected chi connectivity index (χ4v) is 1.89. The molecule has 1 amide bonds. The lowest BCUT2D eigenvalue weighted by Gasteiger charge is -2.04. The summed E-state index contributed by atoms with van der Waals surface area (Å²) in [5.74, 6) is 0.195. The van der Waals surface area contributed by atoms with E-state index in [-0.39, 0.29) is 5.91 Å². The maximum atomic E-state index is 12.0. The second-order valence-corrected chi connectivity index (χ2v) is 4.25. The van der Waals surface area contributed by atoms with Gasteiger partial charge < -0.3 is 5.32 Å². The summed E-state index contributed by atoms with van der Waals surface area (Å²) in [5, 5.41) is 12.5. The second kappa shape index (κ2) is 5.36. The first-order valence-electron chi connectivity index (χ1n) is 6.15. The highest BCUT2D eigenvalue weighted by Crippen LogP contribution is 2.19. The van der Waals surface area contributed by atoms with E-state index < -0.39 is 0 Å². The van der Waals surface area contributed by atoms with Gasteiger partial charge in [-0.3, -0.25) is 4.79 Å². The maximum Gasteiger partial charge on any atom is 0.256 e. The van der Waals surface area contributed by atoms with Crippen molar-refractivity contribution >= 4 is 11.7 Å². The summed E-state index contributed by atoms with van der Waals surface area (Å²) in [6.07, 6.45) is 1.45. The lowest BCUT2D eigenvalue weighted by molar-refractivity contribution is 0.102. The fourth-order valence-electron chi connectivity index (χ4n) is 1.89. The Morgan fingerprint density at radius 3 is 2.30 bits per heavy atom. The predicted octanol–water partition coefficient (Wildman–Crippen LogP) is 2.72. The lowest BCUT2D eigenvalue weighted by atomic mass is 10.0. The molecule has 0 atom stereocenters. The minimum absolute atomic E-state index is 0.210. The van der Waals surface area contributed by atoms with E-state index in [9.17, 15) is 4.79 Å². The van der Waals surface area contributed by atoms with Gasteiger partial charge in [0.1, 0.15) is 0 Å². The Labute approximate surface area is 115 Å². The molecule has 0 aliphatic heterocycles. The van der Waals surface area contributed by atoms with E-state index in [2.05, 4.69) is 20.7 Å². The van der Waals surface area contributed by atoms with Crippen LogP contribution >= 0.6 is 0 Å². The van der Waals surface area contributed by atoms with E-state index in [0.29, 0.717) is 11.4 Å². The Bertz CT molecular complexity index is 691. The van der Waals surface area contributed by atoms with Gasteiger partial charge in [0.05, 0.1) is 6.20 Å². The first kappa shape index (κ1) is 12.1. The zero-order valence-electron chi connectivity index (χ0n) is 10.6. The zero-order valence-corrected chi connectivity index (χ0v) is 10.6. The third-order valence-corrected chi connectivity index (χ3v) is 2.91. The third-order valence-electron chi connectivity index (χ3n) is 2.91. The van der Waals surface area contributed by atoms with Crippen LogP contribution in [0.25, 0.3) is 11.1 Å². The van der Waals surface area contributed by atoms with Crippen molar-refractivity contribution in [3.63, 3.8) is 0 Å². The summed E-state index contributed by atoms with van der Waals surface area (Å²) in [6.45, 7) is 0. The number of H-pyrrole nitrogens is 1. The van der Waals surface area contributed by atoms with Crippen LogP contribution in [0, 0.1) is 0 Å². The van der Waals surface area contributed by atoms with Crippen molar-refractivity contribution in [2.75, 3.05) is 5.32 Å². The number of carbonyl (C=O) groups excluding carboxylic acids is 1. The van der Waals surface area contributed by atoms with Gasteiger partial charge in [0, 0.05) is 5.56 Å². The van der Waals surface area contributed by atoms with Crippen molar-refractivity contribution < 1.29 is 4.79 Å². The lowest BCUT2D eigenvalue weighted by Crippen LogP contribution is -2.11. The molecule has 0 unspecified atom stereocenters. The van der Waals surface area contributed by atoms with Gasteiger partial charge in [0.25, 0.3) is 5.91 Å². The van der Waals surface area contributed by atoms with E-state index in [0.717, 1.165) is 11.1 Å². The van der Waals surface area contributed by atoms with Gasteiger partial charge in [0.2, 0.25) is 0 Å². The molecule has 5 heteroatoms. The van der Waals surface area contributed by atoms with Crippen molar-refractivity contribution in [1.82, 2.24) is 15.4 Å². The number of benzene rings is 2. The molecule has 20 heavy (non-hydrogen) atoms. The molecule has 0 aliphatic rings. The molecule has 0 aliphatic carbocycles. The van der Waals surface area contributed by atoms with Crippen LogP contribution in [0.2, 0.25) is 0 Å². The Kier molecular flexibility index (Phi) is 3.24. The van der Waals surface area contributed by atoms with Crippen LogP contribution < -0.4 is 5.32 Å². The molecule has 5 nitrogen and oxygen atoms in total. The third kappa shape index (κ3) is 2.56. The summed E-state index contributed by atoms with van der Waals surface area (Å²) in [5.41, 5.74) is 2.77. The first-order chi connectivity index (χ1) is 9.83. The average molecular weight is 264 g/mol. The molecule has 2 aromatic carbocycles. The van der Waals surface area contributed by atoms with Gasteiger partial charge >= 0.3 is 0 Å².